The van der Waals surface area contributed by atoms with Crippen molar-refractivity contribution in [3.8, 4) is 0 Å². The van der Waals surface area contributed by atoms with Crippen molar-refractivity contribution < 1.29 is 6.10 Å². The van der Waals surface area contributed by atoms with Crippen molar-refractivity contribution in [1.82, 2.24) is 14.5 Å². The van der Waals surface area contributed by atoms with E-state index in [2.05, 4.69) is 9.97 Å². The number of nitrogens with one attached hydrogen (secondary N) is 2. The van der Waals surface area contributed by atoms with Gasteiger partial charge in [-0.25, -0.2) is 9.71 Å². The third kappa shape index (κ3) is 1.64. The van der Waals surface area contributed by atoms with Crippen molar-refractivity contribution in [3.63, 3.8) is 0 Å². The number of hydrogen-bond donors (Lipinski definition) is 2. The number of hydrogen-bond acceptors (Lipinski definition) is 3. The molecule has 0 amide bonds. The van der Waals surface area contributed by atoms with Crippen LogP contribution in [-0.4, -0.2) is 14.5 Å². The van der Waals surface area contributed by atoms with Gasteiger partial charge >= 0.3 is 0 Å². The molecule has 0 atom stereocenters. The van der Waals surface area contributed by atoms with Crippen LogP contribution in [-0.2, 0) is 6.54 Å². The Bertz CT molecular complexity index is 793. The van der Waals surface area contributed by atoms with Crippen molar-refractivity contribution in [2.45, 2.75) is 6.54 Å². The first kappa shape index (κ1) is 9.41. The maximum atomic E-state index is 11.4. The summed E-state index contributed by atoms with van der Waals surface area (Å²) in [5.41, 5.74) is 1.53. The molecule has 18 heavy (non-hydrogen) atoms. The van der Waals surface area contributed by atoms with E-state index < -0.39 is 0 Å². The van der Waals surface area contributed by atoms with E-state index in [-0.39, 0.29) is 22.0 Å². The van der Waals surface area contributed by atoms with E-state index in [1.165, 1.54) is 0 Å². The average molecular weight is 242 g/mol. The summed E-state index contributed by atoms with van der Waals surface area (Å²) in [4.78, 5) is 6.72. The lowest BCUT2D eigenvalue weighted by Crippen LogP contribution is -2.45. The van der Waals surface area contributed by atoms with Gasteiger partial charge < -0.3 is 5.21 Å². The van der Waals surface area contributed by atoms with Crippen molar-refractivity contribution >= 4 is 11.2 Å². The van der Waals surface area contributed by atoms with Gasteiger partial charge in [-0.3, -0.25) is 9.55 Å². The monoisotopic (exact) mass is 242 g/mol. The van der Waals surface area contributed by atoms with Crippen molar-refractivity contribution in [3.05, 3.63) is 59.2 Å². The molecule has 0 saturated heterocycles. The summed E-state index contributed by atoms with van der Waals surface area (Å²) < 4.78 is 9.48. The van der Waals surface area contributed by atoms with Crippen molar-refractivity contribution in [1.29, 1.82) is 5.41 Å². The van der Waals surface area contributed by atoms with Crippen LogP contribution in [0.1, 0.15) is 6.93 Å². The number of H-pyrrole nitrogens is 1. The van der Waals surface area contributed by atoms with Crippen LogP contribution in [0.15, 0.2) is 43.0 Å². The first-order valence-electron chi connectivity index (χ1n) is 5.92. The average Bonchev–Trinajstić information content (AvgIpc) is 2.81. The number of nitrogens with zero attached hydrogens (tertiary/aromatic N) is 3. The minimum absolute atomic E-state index is 0.211. The van der Waals surface area contributed by atoms with Crippen LogP contribution in [0.25, 0.3) is 11.2 Å². The summed E-state index contributed by atoms with van der Waals surface area (Å²) in [6.45, 7) is 0.565. The van der Waals surface area contributed by atoms with Gasteiger partial charge in [0, 0.05) is 0 Å². The highest BCUT2D eigenvalue weighted by molar-refractivity contribution is 5.67. The smallest absolute Gasteiger partial charge is 0.286 e. The second-order valence-corrected chi connectivity index (χ2v) is 3.94. The van der Waals surface area contributed by atoms with Gasteiger partial charge in [-0.1, -0.05) is 30.3 Å². The second kappa shape index (κ2) is 3.99. The van der Waals surface area contributed by atoms with E-state index in [4.69, 9.17) is 6.78 Å². The third-order valence-electron chi connectivity index (χ3n) is 2.74. The van der Waals surface area contributed by atoms with Crippen LogP contribution in [0, 0.1) is 10.6 Å². The maximum absolute atomic E-state index is 11.4. The van der Waals surface area contributed by atoms with Gasteiger partial charge in [0.25, 0.3) is 5.49 Å². The number of aromatic nitrogens is 4. The Morgan fingerprint density at radius 3 is 3.00 bits per heavy atom. The first-order valence-corrected chi connectivity index (χ1v) is 5.42. The predicted molar refractivity (Wildman–Crippen MR) is 64.4 cm³/mol. The lowest BCUT2D eigenvalue weighted by molar-refractivity contribution is -0.625. The summed E-state index contributed by atoms with van der Waals surface area (Å²) >= 11 is 0. The Kier molecular flexibility index (Phi) is 2.09. The molecule has 2 aromatic heterocycles. The Hall–Kier alpha value is -2.63. The molecule has 3 rings (SSSR count). The molecule has 0 bridgehead atoms. The molecule has 0 unspecified atom stereocenters. The molecule has 2 N–H and O–H groups in total. The van der Waals surface area contributed by atoms with Crippen LogP contribution in [0.4, 0.5) is 0 Å². The highest BCUT2D eigenvalue weighted by atomic mass is 16.5. The number of benzene rings is 1. The fraction of sp³-hybridized carbons (Fsp3) is 0.0833. The van der Waals surface area contributed by atoms with Crippen molar-refractivity contribution in [2.75, 3.05) is 0 Å². The topological polar surface area (TPSA) is 84.4 Å². The van der Waals surface area contributed by atoms with Crippen LogP contribution < -0.4 is 10.2 Å². The largest absolute Gasteiger partial charge is 0.740 e. The Morgan fingerprint density at radius 1 is 1.44 bits per heavy atom. The zero-order valence-corrected chi connectivity index (χ0v) is 9.42. The molecule has 0 saturated carbocycles. The lowest BCUT2D eigenvalue weighted by atomic mass is 10.2. The zero-order chi connectivity index (χ0) is 13.4. The summed E-state index contributed by atoms with van der Waals surface area (Å²) in [6.07, 6.45) is 1.19. The first-order chi connectivity index (χ1) is 9.16. The van der Waals surface area contributed by atoms with E-state index in [0.29, 0.717) is 12.2 Å². The zero-order valence-electron chi connectivity index (χ0n) is 10.4. The Morgan fingerprint density at radius 2 is 2.22 bits per heavy atom. The van der Waals surface area contributed by atoms with Gasteiger partial charge in [0.05, 0.1) is 12.9 Å². The third-order valence-corrected chi connectivity index (χ3v) is 2.74. The summed E-state index contributed by atoms with van der Waals surface area (Å²) in [5.74, 6) is 0. The second-order valence-electron chi connectivity index (χ2n) is 3.94. The van der Waals surface area contributed by atoms with E-state index in [1.807, 2.05) is 30.3 Å². The van der Waals surface area contributed by atoms with E-state index >= 15 is 0 Å². The molecule has 3 aromatic rings. The van der Waals surface area contributed by atoms with E-state index in [0.717, 1.165) is 5.56 Å². The number of aromatic amines is 1. The highest BCUT2D eigenvalue weighted by Gasteiger charge is 2.09. The van der Waals surface area contributed by atoms with Crippen LogP contribution in [0.3, 0.4) is 0 Å². The number of fused-ring (bicyclic) bond motifs is 1. The molecular formula is C12H11N5O. The molecule has 0 aliphatic carbocycles. The van der Waals surface area contributed by atoms with Crippen LogP contribution in [0.2, 0.25) is 0 Å². The summed E-state index contributed by atoms with van der Waals surface area (Å²) in [7, 11) is 0. The minimum Gasteiger partial charge on any atom is -0.740 e. The van der Waals surface area contributed by atoms with Gasteiger partial charge in [0.15, 0.2) is 11.8 Å². The minimum atomic E-state index is -0.368. The number of imidazole rings is 1. The molecule has 6 nitrogen and oxygen atoms in total. The quantitative estimate of drug-likeness (QED) is 0.507. The Labute approximate surface area is 104 Å². The fourth-order valence-electron chi connectivity index (χ4n) is 1.84. The van der Waals surface area contributed by atoms with E-state index in [9.17, 15) is 5.21 Å². The summed E-state index contributed by atoms with van der Waals surface area (Å²) in [6, 6.07) is 9.77. The predicted octanol–water partition coefficient (Wildman–Crippen LogP) is 0.526. The lowest BCUT2D eigenvalue weighted by Gasteiger charge is -2.04. The van der Waals surface area contributed by atoms with Crippen LogP contribution in [0.5, 0.6) is 0 Å². The maximum Gasteiger partial charge on any atom is 0.286 e. The van der Waals surface area contributed by atoms with Gasteiger partial charge in [0.1, 0.15) is 1.37 Å². The molecule has 0 spiro atoms. The Balaban J connectivity index is 2.14. The van der Waals surface area contributed by atoms with Gasteiger partial charge in [-0.15, -0.1) is 0 Å². The molecule has 2 heterocycles. The normalized spacial score (nSPS) is 11.7. The van der Waals surface area contributed by atoms with Crippen LogP contribution >= 0.6 is 0 Å². The molecule has 0 aliphatic heterocycles. The molecule has 0 radical (unpaired) electrons. The fourth-order valence-corrected chi connectivity index (χ4v) is 1.84. The van der Waals surface area contributed by atoms with Gasteiger partial charge in [-0.2, -0.15) is 5.41 Å². The molecule has 6 heteroatoms. The molecule has 1 aromatic carbocycles. The van der Waals surface area contributed by atoms with Gasteiger partial charge in [-0.05, 0) is 5.56 Å². The highest BCUT2D eigenvalue weighted by Crippen LogP contribution is 2.07. The van der Waals surface area contributed by atoms with Crippen molar-refractivity contribution in [2.24, 2.45) is 0 Å². The number of rotatable bonds is 2. The standard InChI is InChI=1S/C12H11N5O/c13-11-10-12(15-8-17(11)18)16(7-14-10)6-9-4-2-1-3-5-9/h1-5,7-8,13,15H,6H2/i8D. The molecule has 0 fully saturated rings. The molecule has 0 aliphatic rings. The summed E-state index contributed by atoms with van der Waals surface area (Å²) in [5, 5.41) is 19.1. The molecular weight excluding hydrogens is 230 g/mol. The van der Waals surface area contributed by atoms with E-state index in [1.54, 1.807) is 10.9 Å². The molecule has 90 valence electrons. The SMILES string of the molecule is [2H]c1[nH]c2c(ncn2Cc2ccccc2)c(=N)[n+]1[O-]. The van der Waals surface area contributed by atoms with Gasteiger partial charge in [0.2, 0.25) is 5.65 Å².